The van der Waals surface area contributed by atoms with E-state index in [1.165, 1.54) is 33.4 Å². The summed E-state index contributed by atoms with van der Waals surface area (Å²) in [6, 6.07) is 32.1. The molecule has 1 aliphatic heterocycles. The summed E-state index contributed by atoms with van der Waals surface area (Å²) in [4.78, 5) is 2.35. The van der Waals surface area contributed by atoms with Crippen LogP contribution < -0.4 is 16.0 Å². The smallest absolute Gasteiger partial charge is 0.249 e. The van der Waals surface area contributed by atoms with Crippen LogP contribution in [0.3, 0.4) is 0 Å². The maximum Gasteiger partial charge on any atom is 0.249 e. The van der Waals surface area contributed by atoms with E-state index < -0.39 is 0 Å². The Hall–Kier alpha value is -4.18. The lowest BCUT2D eigenvalue weighted by Crippen LogP contribution is -2.40. The molecule has 6 aromatic rings. The van der Waals surface area contributed by atoms with Crippen LogP contribution in [-0.4, -0.2) is 11.8 Å². The lowest BCUT2D eigenvalue weighted by Gasteiger charge is -2.32. The Bertz CT molecular complexity index is 1760. The first-order valence-corrected chi connectivity index (χ1v) is 12.1. The van der Waals surface area contributed by atoms with Gasteiger partial charge in [-0.1, -0.05) is 54.6 Å². The van der Waals surface area contributed by atoms with Gasteiger partial charge in [0.1, 0.15) is 5.58 Å². The highest BCUT2D eigenvalue weighted by molar-refractivity contribution is 6.72. The number of aromatic nitrogens is 1. The number of anilines is 3. The number of hydrogen-bond donors (Lipinski definition) is 0. The summed E-state index contributed by atoms with van der Waals surface area (Å²) in [7, 11) is 2.22. The van der Waals surface area contributed by atoms with Gasteiger partial charge >= 0.3 is 0 Å². The normalized spacial score (nSPS) is 12.6. The van der Waals surface area contributed by atoms with Crippen LogP contribution in [-0.2, 0) is 0 Å². The van der Waals surface area contributed by atoms with Crippen molar-refractivity contribution in [3.63, 3.8) is 0 Å². The molecule has 7 rings (SSSR count). The Morgan fingerprint density at radius 2 is 1.40 bits per heavy atom. The Kier molecular flexibility index (Phi) is 4.28. The number of furan rings is 1. The summed E-state index contributed by atoms with van der Waals surface area (Å²) in [5, 5.41) is 2.42. The van der Waals surface area contributed by atoms with Crippen LogP contribution in [0, 0.1) is 20.8 Å². The predicted molar refractivity (Wildman–Crippen MR) is 147 cm³/mol. The molecule has 0 unspecified atom stereocenters. The van der Waals surface area contributed by atoms with Crippen molar-refractivity contribution in [2.75, 3.05) is 4.90 Å². The monoisotopic (exact) mass is 451 g/mol. The fourth-order valence-electron chi connectivity index (χ4n) is 5.64. The molecule has 3 nitrogen and oxygen atoms in total. The number of rotatable bonds is 2. The van der Waals surface area contributed by atoms with Gasteiger partial charge in [0.25, 0.3) is 0 Å². The SMILES string of the molecule is Cc1c(C)n(-c2cccc3c2[B]c2oc4ccccc4c2N3c2ccccc2)c2c(C)cccc12. The third kappa shape index (κ3) is 2.80. The molecule has 1 aliphatic rings. The van der Waals surface area contributed by atoms with E-state index in [9.17, 15) is 0 Å². The van der Waals surface area contributed by atoms with E-state index in [0.29, 0.717) is 0 Å². The summed E-state index contributed by atoms with van der Waals surface area (Å²) in [5.74, 6) is 0. The number of aryl methyl sites for hydroxylation is 2. The van der Waals surface area contributed by atoms with Crippen molar-refractivity contribution in [2.24, 2.45) is 0 Å². The van der Waals surface area contributed by atoms with E-state index in [2.05, 4.69) is 116 Å². The van der Waals surface area contributed by atoms with E-state index >= 15 is 0 Å². The standard InChI is InChI=1S/C31H24BN2O/c1-19-11-9-15-23-20(2)21(3)33(29(19)23)25-16-10-17-26-28(25)32-31-30(24-14-7-8-18-27(24)35-31)34(26)22-12-5-4-6-13-22/h4-18H,1-3H3. The van der Waals surface area contributed by atoms with Gasteiger partial charge in [-0.15, -0.1) is 0 Å². The van der Waals surface area contributed by atoms with Gasteiger partial charge in [0, 0.05) is 33.5 Å². The first-order valence-electron chi connectivity index (χ1n) is 12.1. The molecular formula is C31H24BN2O. The van der Waals surface area contributed by atoms with Crippen molar-refractivity contribution in [2.45, 2.75) is 20.8 Å². The molecule has 4 heteroatoms. The highest BCUT2D eigenvalue weighted by atomic mass is 16.3. The second-order valence-corrected chi connectivity index (χ2v) is 9.35. The van der Waals surface area contributed by atoms with Gasteiger partial charge in [0.05, 0.1) is 16.9 Å². The minimum Gasteiger partial charge on any atom is -0.469 e. The third-order valence-electron chi connectivity index (χ3n) is 7.39. The fourth-order valence-corrected chi connectivity index (χ4v) is 5.64. The maximum atomic E-state index is 6.43. The topological polar surface area (TPSA) is 21.3 Å². The van der Waals surface area contributed by atoms with Crippen LogP contribution in [0.5, 0.6) is 0 Å². The second kappa shape index (κ2) is 7.41. The van der Waals surface area contributed by atoms with Gasteiger partial charge in [0.2, 0.25) is 7.28 Å². The molecule has 0 saturated heterocycles. The summed E-state index contributed by atoms with van der Waals surface area (Å²) in [6.45, 7) is 6.64. The predicted octanol–water partition coefficient (Wildman–Crippen LogP) is 6.74. The van der Waals surface area contributed by atoms with Crippen molar-refractivity contribution >= 4 is 57.3 Å². The number of para-hydroxylation sites is 3. The average Bonchev–Trinajstić information content (AvgIpc) is 3.38. The molecular weight excluding hydrogens is 427 g/mol. The molecule has 3 heterocycles. The Labute approximate surface area is 205 Å². The average molecular weight is 451 g/mol. The van der Waals surface area contributed by atoms with Crippen LogP contribution >= 0.6 is 0 Å². The summed E-state index contributed by atoms with van der Waals surface area (Å²) in [6.07, 6.45) is 0. The van der Waals surface area contributed by atoms with Gasteiger partial charge in [-0.3, -0.25) is 0 Å². The largest absolute Gasteiger partial charge is 0.469 e. The lowest BCUT2D eigenvalue weighted by molar-refractivity contribution is 0.652. The zero-order valence-electron chi connectivity index (χ0n) is 20.0. The van der Waals surface area contributed by atoms with Crippen LogP contribution in [0.15, 0.2) is 95.4 Å². The number of hydrogen-bond acceptors (Lipinski definition) is 2. The van der Waals surface area contributed by atoms with E-state index in [4.69, 9.17) is 4.42 Å². The number of benzene rings is 4. The molecule has 0 atom stereocenters. The van der Waals surface area contributed by atoms with E-state index in [-0.39, 0.29) is 0 Å². The van der Waals surface area contributed by atoms with Crippen molar-refractivity contribution in [1.82, 2.24) is 4.57 Å². The highest BCUT2D eigenvalue weighted by Crippen LogP contribution is 2.41. The van der Waals surface area contributed by atoms with Gasteiger partial charge in [0.15, 0.2) is 0 Å². The lowest BCUT2D eigenvalue weighted by atomic mass is 9.63. The van der Waals surface area contributed by atoms with Gasteiger partial charge in [-0.2, -0.15) is 0 Å². The van der Waals surface area contributed by atoms with Crippen molar-refractivity contribution in [3.05, 3.63) is 108 Å². The Morgan fingerprint density at radius 1 is 0.686 bits per heavy atom. The zero-order chi connectivity index (χ0) is 23.7. The van der Waals surface area contributed by atoms with E-state index in [1.807, 2.05) is 12.1 Å². The van der Waals surface area contributed by atoms with Crippen LogP contribution in [0.2, 0.25) is 0 Å². The third-order valence-corrected chi connectivity index (χ3v) is 7.39. The highest BCUT2D eigenvalue weighted by Gasteiger charge is 2.32. The molecule has 0 bridgehead atoms. The molecule has 35 heavy (non-hydrogen) atoms. The maximum absolute atomic E-state index is 6.43. The Balaban J connectivity index is 1.56. The molecule has 0 amide bonds. The minimum absolute atomic E-state index is 0.887. The number of nitrogens with zero attached hydrogens (tertiary/aromatic N) is 2. The van der Waals surface area contributed by atoms with Crippen molar-refractivity contribution in [3.8, 4) is 5.69 Å². The van der Waals surface area contributed by atoms with Crippen molar-refractivity contribution in [1.29, 1.82) is 0 Å². The first kappa shape index (κ1) is 20.2. The molecule has 0 N–H and O–H groups in total. The summed E-state index contributed by atoms with van der Waals surface area (Å²) < 4.78 is 8.85. The molecule has 4 aromatic carbocycles. The quantitative estimate of drug-likeness (QED) is 0.272. The molecule has 1 radical (unpaired) electrons. The Morgan fingerprint density at radius 3 is 2.26 bits per heavy atom. The van der Waals surface area contributed by atoms with Gasteiger partial charge < -0.3 is 13.9 Å². The molecule has 0 spiro atoms. The molecule has 167 valence electrons. The second-order valence-electron chi connectivity index (χ2n) is 9.35. The summed E-state index contributed by atoms with van der Waals surface area (Å²) >= 11 is 0. The molecule has 0 saturated carbocycles. The van der Waals surface area contributed by atoms with E-state index in [1.54, 1.807) is 0 Å². The molecule has 0 aliphatic carbocycles. The van der Waals surface area contributed by atoms with Gasteiger partial charge in [-0.25, -0.2) is 0 Å². The van der Waals surface area contributed by atoms with Crippen molar-refractivity contribution < 1.29 is 4.42 Å². The van der Waals surface area contributed by atoms with Crippen LogP contribution in [0.25, 0.3) is 27.6 Å². The first-order chi connectivity index (χ1) is 17.1. The number of fused-ring (bicyclic) bond motifs is 5. The summed E-state index contributed by atoms with van der Waals surface area (Å²) in [5.41, 5.74) is 12.6. The molecule has 2 aromatic heterocycles. The fraction of sp³-hybridized carbons (Fsp3) is 0.0968. The molecule has 0 fully saturated rings. The zero-order valence-corrected chi connectivity index (χ0v) is 20.0. The van der Waals surface area contributed by atoms with Crippen LogP contribution in [0.4, 0.5) is 17.1 Å². The van der Waals surface area contributed by atoms with E-state index in [0.717, 1.165) is 39.2 Å². The minimum atomic E-state index is 0.887. The van der Waals surface area contributed by atoms with Crippen LogP contribution in [0.1, 0.15) is 16.8 Å². The van der Waals surface area contributed by atoms with Gasteiger partial charge in [-0.05, 0) is 73.8 Å².